The van der Waals surface area contributed by atoms with Gasteiger partial charge in [-0.1, -0.05) is 48.5 Å². The zero-order valence-electron chi connectivity index (χ0n) is 21.7. The first-order valence-corrected chi connectivity index (χ1v) is 13.8. The van der Waals surface area contributed by atoms with Gasteiger partial charge in [0.1, 0.15) is 6.04 Å². The minimum atomic E-state index is -3.39. The topological polar surface area (TPSA) is 145 Å². The number of rotatable bonds is 13. The number of aromatic nitrogens is 4. The van der Waals surface area contributed by atoms with Crippen LogP contribution in [0.3, 0.4) is 0 Å². The summed E-state index contributed by atoms with van der Waals surface area (Å²) >= 11 is 0. The summed E-state index contributed by atoms with van der Waals surface area (Å²) in [6.45, 7) is 4.22. The van der Waals surface area contributed by atoms with Crippen molar-refractivity contribution >= 4 is 21.6 Å². The highest BCUT2D eigenvalue weighted by Gasteiger charge is 2.28. The van der Waals surface area contributed by atoms with Crippen molar-refractivity contribution in [3.8, 4) is 0 Å². The summed E-state index contributed by atoms with van der Waals surface area (Å²) in [5.74, 6) is 0.0975. The molecule has 0 fully saturated rings. The zero-order chi connectivity index (χ0) is 27.1. The van der Waals surface area contributed by atoms with Gasteiger partial charge in [-0.05, 0) is 54.3 Å². The first-order valence-electron chi connectivity index (χ1n) is 12.0. The van der Waals surface area contributed by atoms with E-state index >= 15 is 0 Å². The summed E-state index contributed by atoms with van der Waals surface area (Å²) in [6.07, 6.45) is 2.42. The van der Waals surface area contributed by atoms with Gasteiger partial charge in [-0.2, -0.15) is 0 Å². The van der Waals surface area contributed by atoms with Crippen LogP contribution in [0, 0.1) is 0 Å². The Bertz CT molecular complexity index is 1270. The fraction of sp³-hybridized carbons (Fsp3) is 0.440. The fourth-order valence-corrected chi connectivity index (χ4v) is 4.18. The number of hydrogen-bond acceptors (Lipinski definition) is 8. The molecular weight excluding hydrogens is 494 g/mol. The second-order valence-corrected chi connectivity index (χ2v) is 11.5. The van der Waals surface area contributed by atoms with Crippen LogP contribution in [0.4, 0.5) is 5.69 Å². The molecule has 0 aliphatic carbocycles. The molecule has 1 amide bonds. The summed E-state index contributed by atoms with van der Waals surface area (Å²) in [4.78, 5) is 12.7. The number of sulfonamides is 1. The second-order valence-electron chi connectivity index (χ2n) is 9.47. The van der Waals surface area contributed by atoms with Crippen molar-refractivity contribution in [2.24, 2.45) is 5.73 Å². The molecule has 0 saturated heterocycles. The fourth-order valence-electron chi connectivity index (χ4n) is 3.64. The Hall–Kier alpha value is -3.35. The van der Waals surface area contributed by atoms with Crippen LogP contribution in [0.1, 0.15) is 43.3 Å². The van der Waals surface area contributed by atoms with Gasteiger partial charge in [-0.15, -0.1) is 5.10 Å². The molecule has 12 heteroatoms. The molecule has 0 radical (unpaired) electrons. The number of hydrogen-bond donors (Lipinski definition) is 2. The van der Waals surface area contributed by atoms with Crippen LogP contribution in [0.15, 0.2) is 54.6 Å². The van der Waals surface area contributed by atoms with Gasteiger partial charge < -0.3 is 15.8 Å². The van der Waals surface area contributed by atoms with E-state index < -0.39 is 21.6 Å². The van der Waals surface area contributed by atoms with Gasteiger partial charge in [0.2, 0.25) is 15.9 Å². The molecule has 3 N–H and O–H groups in total. The van der Waals surface area contributed by atoms with Gasteiger partial charge in [0.05, 0.1) is 30.7 Å². The van der Waals surface area contributed by atoms with Crippen LogP contribution >= 0.6 is 0 Å². The van der Waals surface area contributed by atoms with E-state index in [0.29, 0.717) is 37.5 Å². The maximum atomic E-state index is 12.7. The lowest BCUT2D eigenvalue weighted by atomic mass is 10.1. The van der Waals surface area contributed by atoms with Gasteiger partial charge in [0.15, 0.2) is 5.82 Å². The van der Waals surface area contributed by atoms with E-state index in [2.05, 4.69) is 20.8 Å². The molecule has 1 atom stereocenters. The zero-order valence-corrected chi connectivity index (χ0v) is 22.5. The molecule has 1 aromatic heterocycles. The number of nitrogens with one attached hydrogen (secondary N) is 1. The second kappa shape index (κ2) is 12.3. The molecule has 1 heterocycles. The van der Waals surface area contributed by atoms with E-state index in [1.54, 1.807) is 24.6 Å². The SMILES string of the molecule is CN(c1ccccc1CCCn1nnnc1[C@@H](COCc1ccccc1)NC(=O)C(C)(C)N)S(C)(=O)=O. The Labute approximate surface area is 218 Å². The molecule has 11 nitrogen and oxygen atoms in total. The molecule has 2 aromatic carbocycles. The lowest BCUT2D eigenvalue weighted by Crippen LogP contribution is -2.51. The number of carbonyl (C=O) groups excluding carboxylic acids is 1. The average molecular weight is 530 g/mol. The number of ether oxygens (including phenoxy) is 1. The maximum absolute atomic E-state index is 12.7. The lowest BCUT2D eigenvalue weighted by Gasteiger charge is -2.24. The number of para-hydroxylation sites is 1. The van der Waals surface area contributed by atoms with E-state index in [4.69, 9.17) is 10.5 Å². The largest absolute Gasteiger partial charge is 0.374 e. The van der Waals surface area contributed by atoms with Gasteiger partial charge in [-0.3, -0.25) is 9.10 Å². The van der Waals surface area contributed by atoms with Gasteiger partial charge in [0.25, 0.3) is 0 Å². The summed E-state index contributed by atoms with van der Waals surface area (Å²) in [5.41, 5.74) is 7.43. The summed E-state index contributed by atoms with van der Waals surface area (Å²) in [5, 5.41) is 15.0. The Morgan fingerprint density at radius 2 is 1.84 bits per heavy atom. The third-order valence-electron chi connectivity index (χ3n) is 5.80. The molecule has 3 aromatic rings. The number of amides is 1. The van der Waals surface area contributed by atoms with E-state index in [-0.39, 0.29) is 12.5 Å². The molecule has 0 spiro atoms. The smallest absolute Gasteiger partial charge is 0.240 e. The number of carbonyl (C=O) groups is 1. The third-order valence-corrected chi connectivity index (χ3v) is 6.99. The highest BCUT2D eigenvalue weighted by Crippen LogP contribution is 2.23. The number of aryl methyl sites for hydroxylation is 2. The normalized spacial score (nSPS) is 12.8. The Kier molecular flexibility index (Phi) is 9.35. The monoisotopic (exact) mass is 529 g/mol. The van der Waals surface area contributed by atoms with Gasteiger partial charge in [-0.25, -0.2) is 13.1 Å². The summed E-state index contributed by atoms with van der Waals surface area (Å²) < 4.78 is 32.9. The van der Waals surface area contributed by atoms with Crippen molar-refractivity contribution in [2.75, 3.05) is 24.2 Å². The Balaban J connectivity index is 1.71. The Morgan fingerprint density at radius 3 is 2.51 bits per heavy atom. The van der Waals surface area contributed by atoms with Crippen molar-refractivity contribution in [3.63, 3.8) is 0 Å². The molecule has 0 bridgehead atoms. The number of nitrogens with zero attached hydrogens (tertiary/aromatic N) is 5. The van der Waals surface area contributed by atoms with Crippen molar-refractivity contribution in [1.29, 1.82) is 0 Å². The van der Waals surface area contributed by atoms with E-state index in [9.17, 15) is 13.2 Å². The van der Waals surface area contributed by atoms with Gasteiger partial charge >= 0.3 is 0 Å². The minimum absolute atomic E-state index is 0.152. The predicted octanol–water partition coefficient (Wildman–Crippen LogP) is 1.81. The average Bonchev–Trinajstić information content (AvgIpc) is 3.31. The van der Waals surface area contributed by atoms with E-state index in [0.717, 1.165) is 11.1 Å². The highest BCUT2D eigenvalue weighted by molar-refractivity contribution is 7.92. The van der Waals surface area contributed by atoms with Crippen molar-refractivity contribution < 1.29 is 17.9 Å². The maximum Gasteiger partial charge on any atom is 0.240 e. The van der Waals surface area contributed by atoms with Crippen molar-refractivity contribution in [1.82, 2.24) is 25.5 Å². The van der Waals surface area contributed by atoms with E-state index in [1.807, 2.05) is 48.5 Å². The molecule has 0 saturated carbocycles. The quantitative estimate of drug-likeness (QED) is 0.341. The molecule has 0 unspecified atom stereocenters. The number of tetrazole rings is 1. The Morgan fingerprint density at radius 1 is 1.16 bits per heavy atom. The summed E-state index contributed by atoms with van der Waals surface area (Å²) in [7, 11) is -1.85. The molecule has 200 valence electrons. The van der Waals surface area contributed by atoms with Crippen LogP contribution in [0.2, 0.25) is 0 Å². The number of anilines is 1. The number of nitrogens with two attached hydrogens (primary N) is 1. The van der Waals surface area contributed by atoms with E-state index in [1.165, 1.54) is 17.6 Å². The molecular formula is C25H35N7O4S. The third kappa shape index (κ3) is 8.07. The molecule has 0 aliphatic heterocycles. The lowest BCUT2D eigenvalue weighted by molar-refractivity contribution is -0.126. The molecule has 37 heavy (non-hydrogen) atoms. The van der Waals surface area contributed by atoms with Gasteiger partial charge in [0, 0.05) is 13.6 Å². The van der Waals surface area contributed by atoms with Crippen LogP contribution in [0.25, 0.3) is 0 Å². The molecule has 0 aliphatic rings. The van der Waals surface area contributed by atoms with Crippen LogP contribution in [-0.2, 0) is 39.1 Å². The minimum Gasteiger partial charge on any atom is -0.374 e. The summed E-state index contributed by atoms with van der Waals surface area (Å²) in [6, 6.07) is 16.5. The van der Waals surface area contributed by atoms with Crippen molar-refractivity contribution in [2.45, 2.75) is 51.4 Å². The number of benzene rings is 2. The van der Waals surface area contributed by atoms with Crippen LogP contribution < -0.4 is 15.4 Å². The molecule has 3 rings (SSSR count). The van der Waals surface area contributed by atoms with Crippen LogP contribution in [0.5, 0.6) is 0 Å². The predicted molar refractivity (Wildman–Crippen MR) is 141 cm³/mol. The standard InChI is InChI=1S/C25H35N7O4S/c1-25(2,26)24(33)27-21(18-36-17-19-11-6-5-7-12-19)23-28-29-30-32(23)16-10-14-20-13-8-9-15-22(20)31(3)37(4,34)35/h5-9,11-13,15,21H,10,14,16-18,26H2,1-4H3,(H,27,33)/t21-/m1/s1. The first-order chi connectivity index (χ1) is 17.5. The van der Waals surface area contributed by atoms with Crippen LogP contribution in [-0.4, -0.2) is 60.0 Å². The van der Waals surface area contributed by atoms with Crippen molar-refractivity contribution in [3.05, 3.63) is 71.5 Å². The highest BCUT2D eigenvalue weighted by atomic mass is 32.2. The first kappa shape index (κ1) is 28.2.